The van der Waals surface area contributed by atoms with Crippen molar-refractivity contribution in [2.24, 2.45) is 0 Å². The Morgan fingerprint density at radius 2 is 2.00 bits per heavy atom. The molecule has 1 aliphatic heterocycles. The smallest absolute Gasteiger partial charge is 0.0193 e. The number of rotatable bonds is 4. The van der Waals surface area contributed by atoms with Gasteiger partial charge >= 0.3 is 0 Å². The minimum atomic E-state index is 0.642. The van der Waals surface area contributed by atoms with E-state index in [1.165, 1.54) is 31.5 Å². The molecule has 0 aromatic heterocycles. The van der Waals surface area contributed by atoms with Crippen LogP contribution in [0.5, 0.6) is 0 Å². The van der Waals surface area contributed by atoms with Crippen LogP contribution in [0.2, 0.25) is 0 Å². The van der Waals surface area contributed by atoms with E-state index in [2.05, 4.69) is 54.4 Å². The molecule has 2 rings (SSSR count). The lowest BCUT2D eigenvalue weighted by molar-refractivity contribution is 0.145. The van der Waals surface area contributed by atoms with Crippen LogP contribution in [0, 0.1) is 0 Å². The third kappa shape index (κ3) is 3.83. The van der Waals surface area contributed by atoms with E-state index in [0.717, 1.165) is 6.54 Å². The Hall–Kier alpha value is -0.860. The average molecular weight is 232 g/mol. The van der Waals surface area contributed by atoms with E-state index in [9.17, 15) is 0 Å². The molecular formula is C15H24N2. The predicted molar refractivity (Wildman–Crippen MR) is 73.3 cm³/mol. The molecule has 17 heavy (non-hydrogen) atoms. The molecule has 0 saturated carbocycles. The van der Waals surface area contributed by atoms with Gasteiger partial charge in [-0.05, 0) is 38.8 Å². The minimum Gasteiger partial charge on any atom is -0.311 e. The van der Waals surface area contributed by atoms with E-state index in [1.54, 1.807) is 0 Å². The summed E-state index contributed by atoms with van der Waals surface area (Å²) in [6, 6.07) is 12.1. The molecule has 1 fully saturated rings. The molecule has 94 valence electrons. The van der Waals surface area contributed by atoms with Gasteiger partial charge in [0.15, 0.2) is 0 Å². The maximum Gasteiger partial charge on any atom is 0.0193 e. The minimum absolute atomic E-state index is 0.642. The highest BCUT2D eigenvalue weighted by molar-refractivity contribution is 5.14. The zero-order valence-corrected chi connectivity index (χ0v) is 11.0. The molecule has 1 N–H and O–H groups in total. The van der Waals surface area contributed by atoms with Crippen LogP contribution in [-0.2, 0) is 6.42 Å². The van der Waals surface area contributed by atoms with E-state index in [-0.39, 0.29) is 0 Å². The molecule has 0 aliphatic carbocycles. The second kappa shape index (κ2) is 6.18. The van der Waals surface area contributed by atoms with E-state index in [4.69, 9.17) is 0 Å². The standard InChI is InChI=1S/C15H24N2/c1-13-12-17(14(2)11-16-13)10-6-9-15-7-4-3-5-8-15/h3-5,7-8,13-14,16H,6,9-12H2,1-2H3/t13-,14+/m0/s1. The number of piperazine rings is 1. The number of nitrogens with one attached hydrogen (secondary N) is 1. The summed E-state index contributed by atoms with van der Waals surface area (Å²) in [4.78, 5) is 2.62. The van der Waals surface area contributed by atoms with Crippen LogP contribution < -0.4 is 5.32 Å². The fraction of sp³-hybridized carbons (Fsp3) is 0.600. The van der Waals surface area contributed by atoms with Crippen molar-refractivity contribution < 1.29 is 0 Å². The van der Waals surface area contributed by atoms with Gasteiger partial charge in [-0.1, -0.05) is 30.3 Å². The van der Waals surface area contributed by atoms with Gasteiger partial charge in [0.25, 0.3) is 0 Å². The fourth-order valence-electron chi connectivity index (χ4n) is 2.54. The zero-order chi connectivity index (χ0) is 12.1. The van der Waals surface area contributed by atoms with Crippen LogP contribution in [0.4, 0.5) is 0 Å². The Bertz CT molecular complexity index is 323. The lowest BCUT2D eigenvalue weighted by Crippen LogP contribution is -2.54. The quantitative estimate of drug-likeness (QED) is 0.857. The zero-order valence-electron chi connectivity index (χ0n) is 11.0. The van der Waals surface area contributed by atoms with Crippen LogP contribution in [0.15, 0.2) is 30.3 Å². The predicted octanol–water partition coefficient (Wildman–Crippen LogP) is 2.30. The molecule has 2 nitrogen and oxygen atoms in total. The third-order valence-corrected chi connectivity index (χ3v) is 3.65. The van der Waals surface area contributed by atoms with Crippen molar-refractivity contribution in [1.29, 1.82) is 0 Å². The van der Waals surface area contributed by atoms with Crippen LogP contribution in [0.3, 0.4) is 0 Å². The maximum atomic E-state index is 3.53. The molecule has 1 saturated heterocycles. The Morgan fingerprint density at radius 1 is 1.24 bits per heavy atom. The van der Waals surface area contributed by atoms with Crippen molar-refractivity contribution in [3.63, 3.8) is 0 Å². The third-order valence-electron chi connectivity index (χ3n) is 3.65. The van der Waals surface area contributed by atoms with Crippen molar-refractivity contribution in [2.45, 2.75) is 38.8 Å². The van der Waals surface area contributed by atoms with Gasteiger partial charge in [0.05, 0.1) is 0 Å². The van der Waals surface area contributed by atoms with Gasteiger partial charge in [-0.3, -0.25) is 4.90 Å². The number of hydrogen-bond acceptors (Lipinski definition) is 2. The van der Waals surface area contributed by atoms with Crippen molar-refractivity contribution in [2.75, 3.05) is 19.6 Å². The molecule has 0 amide bonds. The van der Waals surface area contributed by atoms with Gasteiger partial charge in [-0.15, -0.1) is 0 Å². The van der Waals surface area contributed by atoms with Gasteiger partial charge in [-0.2, -0.15) is 0 Å². The molecule has 1 aliphatic rings. The molecule has 2 atom stereocenters. The maximum absolute atomic E-state index is 3.53. The van der Waals surface area contributed by atoms with E-state index >= 15 is 0 Å². The van der Waals surface area contributed by atoms with Crippen molar-refractivity contribution in [3.05, 3.63) is 35.9 Å². The van der Waals surface area contributed by atoms with Crippen molar-refractivity contribution >= 4 is 0 Å². The summed E-state index contributed by atoms with van der Waals surface area (Å²) in [7, 11) is 0. The summed E-state index contributed by atoms with van der Waals surface area (Å²) < 4.78 is 0. The van der Waals surface area contributed by atoms with Gasteiger partial charge < -0.3 is 5.32 Å². The van der Waals surface area contributed by atoms with E-state index in [1.807, 2.05) is 0 Å². The Labute approximate surface area is 105 Å². The fourth-order valence-corrected chi connectivity index (χ4v) is 2.54. The average Bonchev–Trinajstić information content (AvgIpc) is 2.35. The summed E-state index contributed by atoms with van der Waals surface area (Å²) in [5.41, 5.74) is 1.46. The lowest BCUT2D eigenvalue weighted by atomic mass is 10.1. The topological polar surface area (TPSA) is 15.3 Å². The van der Waals surface area contributed by atoms with E-state index in [0.29, 0.717) is 12.1 Å². The van der Waals surface area contributed by atoms with Gasteiger partial charge in [0, 0.05) is 25.2 Å². The first-order chi connectivity index (χ1) is 8.25. The van der Waals surface area contributed by atoms with Gasteiger partial charge in [0.2, 0.25) is 0 Å². The largest absolute Gasteiger partial charge is 0.311 e. The highest BCUT2D eigenvalue weighted by atomic mass is 15.2. The molecule has 0 unspecified atom stereocenters. The number of aryl methyl sites for hydroxylation is 1. The summed E-state index contributed by atoms with van der Waals surface area (Å²) in [6.07, 6.45) is 2.47. The lowest BCUT2D eigenvalue weighted by Gasteiger charge is -2.37. The molecule has 0 radical (unpaired) electrons. The highest BCUT2D eigenvalue weighted by Gasteiger charge is 2.21. The Balaban J connectivity index is 1.74. The summed E-state index contributed by atoms with van der Waals surface area (Å²) in [5, 5.41) is 3.53. The van der Waals surface area contributed by atoms with Crippen molar-refractivity contribution in [3.8, 4) is 0 Å². The summed E-state index contributed by atoms with van der Waals surface area (Å²) in [6.45, 7) is 8.14. The number of benzene rings is 1. The normalized spacial score (nSPS) is 26.0. The van der Waals surface area contributed by atoms with Crippen LogP contribution >= 0.6 is 0 Å². The number of nitrogens with zero attached hydrogens (tertiary/aromatic N) is 1. The van der Waals surface area contributed by atoms with Gasteiger partial charge in [-0.25, -0.2) is 0 Å². The van der Waals surface area contributed by atoms with Crippen LogP contribution in [0.25, 0.3) is 0 Å². The van der Waals surface area contributed by atoms with Crippen LogP contribution in [-0.4, -0.2) is 36.6 Å². The molecule has 1 aromatic rings. The molecule has 0 bridgehead atoms. The summed E-state index contributed by atoms with van der Waals surface area (Å²) in [5.74, 6) is 0. The molecule has 2 heteroatoms. The first kappa shape index (κ1) is 12.6. The van der Waals surface area contributed by atoms with E-state index < -0.39 is 0 Å². The summed E-state index contributed by atoms with van der Waals surface area (Å²) >= 11 is 0. The van der Waals surface area contributed by atoms with Crippen molar-refractivity contribution in [1.82, 2.24) is 10.2 Å². The van der Waals surface area contributed by atoms with Crippen LogP contribution in [0.1, 0.15) is 25.8 Å². The Kier molecular flexibility index (Phi) is 4.57. The molecule has 1 aromatic carbocycles. The Morgan fingerprint density at radius 3 is 2.76 bits per heavy atom. The van der Waals surface area contributed by atoms with Gasteiger partial charge in [0.1, 0.15) is 0 Å². The molecule has 0 spiro atoms. The SMILES string of the molecule is C[C@@H]1CN[C@@H](C)CN1CCCc1ccccc1. The first-order valence-corrected chi connectivity index (χ1v) is 6.77. The molecule has 1 heterocycles. The monoisotopic (exact) mass is 232 g/mol. The first-order valence-electron chi connectivity index (χ1n) is 6.77. The second-order valence-corrected chi connectivity index (χ2v) is 5.24. The molecular weight excluding hydrogens is 208 g/mol. The highest BCUT2D eigenvalue weighted by Crippen LogP contribution is 2.09. The number of hydrogen-bond donors (Lipinski definition) is 1. The second-order valence-electron chi connectivity index (χ2n) is 5.24.